The molecule has 0 bridgehead atoms. The number of aromatic nitrogens is 2. The average molecular weight is 410 g/mol. The van der Waals surface area contributed by atoms with Gasteiger partial charge in [0.25, 0.3) is 0 Å². The minimum atomic E-state index is -0.793. The lowest BCUT2D eigenvalue weighted by Crippen LogP contribution is -2.17. The maximum absolute atomic E-state index is 11.2. The van der Waals surface area contributed by atoms with E-state index in [1.54, 1.807) is 6.20 Å². The number of aromatic amines is 1. The Morgan fingerprint density at radius 2 is 2.23 bits per heavy atom. The Kier molecular flexibility index (Phi) is 6.18. The summed E-state index contributed by atoms with van der Waals surface area (Å²) in [6.07, 6.45) is 3.14. The molecule has 30 heavy (non-hydrogen) atoms. The van der Waals surface area contributed by atoms with E-state index in [1.807, 2.05) is 37.3 Å². The number of ether oxygens (including phenoxy) is 3. The number of aliphatic carboxylic acids is 1. The van der Waals surface area contributed by atoms with Crippen LogP contribution in [0.5, 0.6) is 11.5 Å². The second kappa shape index (κ2) is 9.17. The summed E-state index contributed by atoms with van der Waals surface area (Å²) in [5.74, 6) is 0.578. The standard InChI is InChI=1S/C23H26N2O5/c1-2-28-9-8-21(16-3-6-20-17(11-16)14-24-25-20)30-18-4-5-19-15(12-23(26)27)7-10-29-22(19)13-18/h3-6,11,13-15,21H,2,7-10,12H2,1H3,(H,24,25)(H,26,27). The molecule has 0 spiro atoms. The predicted molar refractivity (Wildman–Crippen MR) is 112 cm³/mol. The fourth-order valence-corrected chi connectivity index (χ4v) is 3.89. The van der Waals surface area contributed by atoms with Crippen LogP contribution in [0, 0.1) is 0 Å². The van der Waals surface area contributed by atoms with Crippen LogP contribution in [0.25, 0.3) is 10.9 Å². The molecule has 0 saturated carbocycles. The molecule has 2 N–H and O–H groups in total. The van der Waals surface area contributed by atoms with Gasteiger partial charge < -0.3 is 19.3 Å². The molecule has 7 nitrogen and oxygen atoms in total. The van der Waals surface area contributed by atoms with Crippen molar-refractivity contribution in [1.29, 1.82) is 0 Å². The summed E-state index contributed by atoms with van der Waals surface area (Å²) in [4.78, 5) is 11.2. The maximum Gasteiger partial charge on any atom is 0.303 e. The number of carboxylic acids is 1. The van der Waals surface area contributed by atoms with Crippen LogP contribution in [0.1, 0.15) is 49.3 Å². The number of hydrogen-bond donors (Lipinski definition) is 2. The van der Waals surface area contributed by atoms with Crippen LogP contribution >= 0.6 is 0 Å². The number of benzene rings is 2. The van der Waals surface area contributed by atoms with Crippen molar-refractivity contribution in [2.45, 2.75) is 38.2 Å². The summed E-state index contributed by atoms with van der Waals surface area (Å²) in [7, 11) is 0. The van der Waals surface area contributed by atoms with E-state index in [4.69, 9.17) is 19.3 Å². The zero-order valence-corrected chi connectivity index (χ0v) is 17.0. The number of nitrogens with one attached hydrogen (secondary N) is 1. The zero-order chi connectivity index (χ0) is 20.9. The van der Waals surface area contributed by atoms with Gasteiger partial charge in [-0.25, -0.2) is 0 Å². The van der Waals surface area contributed by atoms with Gasteiger partial charge in [0, 0.05) is 30.4 Å². The third-order valence-electron chi connectivity index (χ3n) is 5.41. The summed E-state index contributed by atoms with van der Waals surface area (Å²) in [6.45, 7) is 3.74. The first kappa shape index (κ1) is 20.2. The third-order valence-corrected chi connectivity index (χ3v) is 5.41. The van der Waals surface area contributed by atoms with E-state index < -0.39 is 5.97 Å². The van der Waals surface area contributed by atoms with Gasteiger partial charge in [0.15, 0.2) is 0 Å². The minimum absolute atomic E-state index is 0.0300. The smallest absolute Gasteiger partial charge is 0.303 e. The highest BCUT2D eigenvalue weighted by Crippen LogP contribution is 2.39. The van der Waals surface area contributed by atoms with E-state index in [2.05, 4.69) is 16.3 Å². The monoisotopic (exact) mass is 410 g/mol. The molecule has 4 rings (SSSR count). The molecule has 0 aliphatic carbocycles. The lowest BCUT2D eigenvalue weighted by Gasteiger charge is -2.26. The summed E-state index contributed by atoms with van der Waals surface area (Å²) in [6, 6.07) is 11.8. The molecule has 0 amide bonds. The molecule has 2 atom stereocenters. The SMILES string of the molecule is CCOCCC(Oc1ccc2c(c1)OCCC2CC(=O)O)c1ccc2[nH]ncc2c1. The number of nitrogens with zero attached hydrogens (tertiary/aromatic N) is 1. The van der Waals surface area contributed by atoms with Gasteiger partial charge in [-0.3, -0.25) is 9.89 Å². The summed E-state index contributed by atoms with van der Waals surface area (Å²) < 4.78 is 17.7. The molecule has 7 heteroatoms. The van der Waals surface area contributed by atoms with E-state index in [9.17, 15) is 4.79 Å². The first-order valence-corrected chi connectivity index (χ1v) is 10.3. The van der Waals surface area contributed by atoms with E-state index in [0.717, 1.165) is 22.0 Å². The van der Waals surface area contributed by atoms with Crippen molar-refractivity contribution in [3.8, 4) is 11.5 Å². The van der Waals surface area contributed by atoms with Crippen LogP contribution in [0.15, 0.2) is 42.6 Å². The number of rotatable bonds is 9. The number of hydrogen-bond acceptors (Lipinski definition) is 5. The van der Waals surface area contributed by atoms with Gasteiger partial charge in [0.05, 0.1) is 31.3 Å². The van der Waals surface area contributed by atoms with Crippen molar-refractivity contribution in [3.05, 3.63) is 53.7 Å². The fourth-order valence-electron chi connectivity index (χ4n) is 3.89. The molecule has 3 aromatic rings. The number of fused-ring (bicyclic) bond motifs is 2. The van der Waals surface area contributed by atoms with Gasteiger partial charge in [-0.05, 0) is 42.7 Å². The van der Waals surface area contributed by atoms with Gasteiger partial charge >= 0.3 is 5.97 Å². The molecular weight excluding hydrogens is 384 g/mol. The van der Waals surface area contributed by atoms with Crippen LogP contribution in [-0.4, -0.2) is 41.1 Å². The first-order chi connectivity index (χ1) is 14.6. The summed E-state index contributed by atoms with van der Waals surface area (Å²) in [5, 5.41) is 17.3. The molecule has 158 valence electrons. The minimum Gasteiger partial charge on any atom is -0.493 e. The van der Waals surface area contributed by atoms with Gasteiger partial charge in [0.2, 0.25) is 0 Å². The highest BCUT2D eigenvalue weighted by atomic mass is 16.5. The normalized spacial score (nSPS) is 16.6. The highest BCUT2D eigenvalue weighted by Gasteiger charge is 2.25. The van der Waals surface area contributed by atoms with Crippen LogP contribution < -0.4 is 9.47 Å². The van der Waals surface area contributed by atoms with E-state index in [0.29, 0.717) is 44.2 Å². The topological polar surface area (TPSA) is 93.7 Å². The van der Waals surface area contributed by atoms with Crippen LogP contribution in [0.2, 0.25) is 0 Å². The lowest BCUT2D eigenvalue weighted by atomic mass is 9.90. The highest BCUT2D eigenvalue weighted by molar-refractivity contribution is 5.78. The molecular formula is C23H26N2O5. The quantitative estimate of drug-likeness (QED) is 0.506. The summed E-state index contributed by atoms with van der Waals surface area (Å²) >= 11 is 0. The first-order valence-electron chi connectivity index (χ1n) is 10.3. The van der Waals surface area contributed by atoms with Crippen molar-refractivity contribution >= 4 is 16.9 Å². The second-order valence-electron chi connectivity index (χ2n) is 7.44. The van der Waals surface area contributed by atoms with Gasteiger partial charge in [-0.15, -0.1) is 0 Å². The largest absolute Gasteiger partial charge is 0.493 e. The number of carbonyl (C=O) groups is 1. The average Bonchev–Trinajstić information content (AvgIpc) is 3.21. The molecule has 2 heterocycles. The van der Waals surface area contributed by atoms with Crippen molar-refractivity contribution in [1.82, 2.24) is 10.2 Å². The van der Waals surface area contributed by atoms with Gasteiger partial charge in [-0.1, -0.05) is 12.1 Å². The van der Waals surface area contributed by atoms with E-state index in [-0.39, 0.29) is 18.4 Å². The predicted octanol–water partition coefficient (Wildman–Crippen LogP) is 4.45. The Hall–Kier alpha value is -3.06. The molecule has 2 unspecified atom stereocenters. The molecule has 1 aliphatic rings. The van der Waals surface area contributed by atoms with Crippen LogP contribution in [-0.2, 0) is 9.53 Å². The lowest BCUT2D eigenvalue weighted by molar-refractivity contribution is -0.137. The van der Waals surface area contributed by atoms with Gasteiger partial charge in [-0.2, -0.15) is 5.10 Å². The molecule has 0 fully saturated rings. The van der Waals surface area contributed by atoms with Crippen molar-refractivity contribution in [3.63, 3.8) is 0 Å². The zero-order valence-electron chi connectivity index (χ0n) is 17.0. The Labute approximate surface area is 175 Å². The van der Waals surface area contributed by atoms with Crippen molar-refractivity contribution < 1.29 is 24.1 Å². The Bertz CT molecular complexity index is 1020. The Morgan fingerprint density at radius 3 is 3.07 bits per heavy atom. The van der Waals surface area contributed by atoms with Crippen LogP contribution in [0.3, 0.4) is 0 Å². The van der Waals surface area contributed by atoms with Crippen LogP contribution in [0.4, 0.5) is 0 Å². The Balaban J connectivity index is 1.57. The van der Waals surface area contributed by atoms with Crippen molar-refractivity contribution in [2.75, 3.05) is 19.8 Å². The van der Waals surface area contributed by atoms with Gasteiger partial charge in [0.1, 0.15) is 17.6 Å². The molecule has 1 aromatic heterocycles. The third kappa shape index (κ3) is 4.57. The van der Waals surface area contributed by atoms with E-state index >= 15 is 0 Å². The second-order valence-corrected chi connectivity index (χ2v) is 7.44. The Morgan fingerprint density at radius 1 is 1.33 bits per heavy atom. The van der Waals surface area contributed by atoms with E-state index in [1.165, 1.54) is 0 Å². The fraction of sp³-hybridized carbons (Fsp3) is 0.391. The summed E-state index contributed by atoms with van der Waals surface area (Å²) in [5.41, 5.74) is 2.96. The van der Waals surface area contributed by atoms with Crippen molar-refractivity contribution in [2.24, 2.45) is 0 Å². The molecule has 2 aromatic carbocycles. The number of carboxylic acid groups (broad SMARTS) is 1. The molecule has 1 aliphatic heterocycles. The number of H-pyrrole nitrogens is 1. The maximum atomic E-state index is 11.2. The molecule has 0 saturated heterocycles. The molecule has 0 radical (unpaired) electrons.